The molecule has 2 aliphatic rings. The zero-order chi connectivity index (χ0) is 21.1. The van der Waals surface area contributed by atoms with Gasteiger partial charge in [-0.15, -0.1) is 11.3 Å². The first kappa shape index (κ1) is 19.1. The van der Waals surface area contributed by atoms with Gasteiger partial charge in [0.2, 0.25) is 5.13 Å². The molecule has 2 atom stereocenters. The van der Waals surface area contributed by atoms with Gasteiger partial charge in [-0.1, -0.05) is 42.0 Å². The summed E-state index contributed by atoms with van der Waals surface area (Å²) in [4.78, 5) is 4.35. The molecule has 30 heavy (non-hydrogen) atoms. The van der Waals surface area contributed by atoms with Gasteiger partial charge in [0.05, 0.1) is 17.3 Å². The number of aliphatic hydroxyl groups is 1. The number of aromatic nitrogens is 1. The molecular formula is C21H16F3N3O2S. The molecule has 0 saturated heterocycles. The number of fused-ring (bicyclic) bond motifs is 3. The van der Waals surface area contributed by atoms with E-state index < -0.39 is 17.8 Å². The van der Waals surface area contributed by atoms with Crippen LogP contribution < -0.4 is 9.75 Å². The average molecular weight is 431 g/mol. The molecule has 0 fully saturated rings. The molecule has 0 unspecified atom stereocenters. The minimum absolute atomic E-state index is 0.0372. The zero-order valence-corrected chi connectivity index (χ0v) is 16.5. The van der Waals surface area contributed by atoms with Crippen molar-refractivity contribution in [2.75, 3.05) is 11.6 Å². The number of benzene rings is 2. The fourth-order valence-electron chi connectivity index (χ4n) is 3.73. The van der Waals surface area contributed by atoms with Gasteiger partial charge >= 0.3 is 6.18 Å². The van der Waals surface area contributed by atoms with E-state index in [1.165, 1.54) is 0 Å². The van der Waals surface area contributed by atoms with Gasteiger partial charge in [0, 0.05) is 16.5 Å². The van der Waals surface area contributed by atoms with Gasteiger partial charge in [0.15, 0.2) is 0 Å². The van der Waals surface area contributed by atoms with Crippen LogP contribution in [0.1, 0.15) is 11.1 Å². The monoisotopic (exact) mass is 431 g/mol. The molecular weight excluding hydrogens is 415 g/mol. The van der Waals surface area contributed by atoms with E-state index in [1.807, 2.05) is 31.2 Å². The lowest BCUT2D eigenvalue weighted by Crippen LogP contribution is -2.61. The van der Waals surface area contributed by atoms with Crippen molar-refractivity contribution in [3.8, 4) is 17.0 Å². The number of hydrazone groups is 1. The third-order valence-corrected chi connectivity index (χ3v) is 6.17. The highest BCUT2D eigenvalue weighted by molar-refractivity contribution is 7.14. The minimum Gasteiger partial charge on any atom is -0.492 e. The molecule has 2 aromatic carbocycles. The van der Waals surface area contributed by atoms with E-state index in [1.54, 1.807) is 29.6 Å². The Balaban J connectivity index is 1.61. The second-order valence-electron chi connectivity index (χ2n) is 7.26. The second-order valence-corrected chi connectivity index (χ2v) is 8.10. The molecule has 0 spiro atoms. The maximum atomic E-state index is 14.2. The summed E-state index contributed by atoms with van der Waals surface area (Å²) < 4.78 is 48.0. The van der Waals surface area contributed by atoms with Gasteiger partial charge in [-0.25, -0.2) is 4.98 Å². The van der Waals surface area contributed by atoms with Crippen molar-refractivity contribution in [2.24, 2.45) is 11.0 Å². The number of ether oxygens (including phenoxy) is 1. The van der Waals surface area contributed by atoms with E-state index in [2.05, 4.69) is 10.1 Å². The van der Waals surface area contributed by atoms with Crippen LogP contribution >= 0.6 is 11.3 Å². The average Bonchev–Trinajstić information content (AvgIpc) is 3.32. The largest absolute Gasteiger partial charge is 0.492 e. The molecule has 0 saturated carbocycles. The molecule has 0 bridgehead atoms. The van der Waals surface area contributed by atoms with Crippen molar-refractivity contribution in [1.82, 2.24) is 4.98 Å². The molecule has 2 aliphatic heterocycles. The standard InChI is InChI=1S/C21H16F3N3O2S/c1-12-6-8-13(9-7-12)16-11-30-19(25-16)27-20(28,21(22,23)24)15-10-29-17-5-3-2-4-14(17)18(15)26-27/h2-9,11,15,28H,10H2,1H3/t15-,20+/m0/s1. The van der Waals surface area contributed by atoms with Gasteiger partial charge < -0.3 is 9.84 Å². The van der Waals surface area contributed by atoms with E-state index in [0.29, 0.717) is 22.0 Å². The normalized spacial score (nSPS) is 22.9. The summed E-state index contributed by atoms with van der Waals surface area (Å²) in [7, 11) is 0. The van der Waals surface area contributed by atoms with Crippen LogP contribution in [-0.2, 0) is 0 Å². The summed E-state index contributed by atoms with van der Waals surface area (Å²) in [5, 5.41) is 17.4. The summed E-state index contributed by atoms with van der Waals surface area (Å²) in [5.74, 6) is -0.947. The SMILES string of the molecule is Cc1ccc(-c2csc(N3N=C4c5ccccc5OC[C@@H]4[C@@]3(O)C(F)(F)F)n2)cc1. The van der Waals surface area contributed by atoms with E-state index in [4.69, 9.17) is 4.74 Å². The van der Waals surface area contributed by atoms with Crippen molar-refractivity contribution in [3.05, 3.63) is 65.0 Å². The third-order valence-electron chi connectivity index (χ3n) is 5.35. The highest BCUT2D eigenvalue weighted by Gasteiger charge is 2.69. The van der Waals surface area contributed by atoms with Gasteiger partial charge in [-0.3, -0.25) is 0 Å². The summed E-state index contributed by atoms with van der Waals surface area (Å²) in [6.07, 6.45) is -4.98. The van der Waals surface area contributed by atoms with Crippen molar-refractivity contribution in [3.63, 3.8) is 0 Å². The van der Waals surface area contributed by atoms with Crippen LogP contribution in [0, 0.1) is 12.8 Å². The number of anilines is 1. The van der Waals surface area contributed by atoms with Crippen molar-refractivity contribution in [1.29, 1.82) is 0 Å². The van der Waals surface area contributed by atoms with Crippen LogP contribution in [0.25, 0.3) is 11.3 Å². The first-order valence-corrected chi connectivity index (χ1v) is 10.1. The van der Waals surface area contributed by atoms with Crippen molar-refractivity contribution < 1.29 is 23.0 Å². The fourth-order valence-corrected chi connectivity index (χ4v) is 4.57. The molecule has 1 aromatic heterocycles. The topological polar surface area (TPSA) is 58.0 Å². The summed E-state index contributed by atoms with van der Waals surface area (Å²) >= 11 is 0.998. The number of halogens is 3. The van der Waals surface area contributed by atoms with Gasteiger partial charge in [-0.2, -0.15) is 23.3 Å². The number of nitrogens with zero attached hydrogens (tertiary/aromatic N) is 3. The lowest BCUT2D eigenvalue weighted by molar-refractivity contribution is -0.270. The van der Waals surface area contributed by atoms with Crippen LogP contribution in [0.15, 0.2) is 59.0 Å². The fraction of sp³-hybridized carbons (Fsp3) is 0.238. The van der Waals surface area contributed by atoms with Crippen LogP contribution in [0.3, 0.4) is 0 Å². The Morgan fingerprint density at radius 3 is 2.63 bits per heavy atom. The van der Waals surface area contributed by atoms with E-state index in [9.17, 15) is 18.3 Å². The Kier molecular flexibility index (Phi) is 4.16. The number of hydrogen-bond donors (Lipinski definition) is 1. The smallest absolute Gasteiger partial charge is 0.439 e. The summed E-state index contributed by atoms with van der Waals surface area (Å²) in [5.41, 5.74) is -0.312. The van der Waals surface area contributed by atoms with Gasteiger partial charge in [-0.05, 0) is 19.1 Å². The molecule has 3 heterocycles. The predicted octanol–water partition coefficient (Wildman–Crippen LogP) is 4.60. The number of thiazole rings is 1. The number of hydrogen-bond acceptors (Lipinski definition) is 6. The number of alkyl halides is 3. The van der Waals surface area contributed by atoms with Crippen LogP contribution in [0.5, 0.6) is 5.75 Å². The first-order chi connectivity index (χ1) is 14.3. The highest BCUT2D eigenvalue weighted by atomic mass is 32.1. The van der Waals surface area contributed by atoms with Gasteiger partial charge in [0.1, 0.15) is 12.4 Å². The Labute approximate surface area is 174 Å². The van der Waals surface area contributed by atoms with Crippen molar-refractivity contribution in [2.45, 2.75) is 18.8 Å². The molecule has 1 N–H and O–H groups in total. The molecule has 9 heteroatoms. The predicted molar refractivity (Wildman–Crippen MR) is 108 cm³/mol. The Morgan fingerprint density at radius 1 is 1.17 bits per heavy atom. The van der Waals surface area contributed by atoms with Crippen LogP contribution in [-0.4, -0.2) is 34.3 Å². The Bertz CT molecular complexity index is 1140. The van der Waals surface area contributed by atoms with Crippen LogP contribution in [0.4, 0.5) is 18.3 Å². The van der Waals surface area contributed by atoms with E-state index in [-0.39, 0.29) is 17.5 Å². The summed E-state index contributed by atoms with van der Waals surface area (Å²) in [6, 6.07) is 14.2. The zero-order valence-electron chi connectivity index (χ0n) is 15.7. The van der Waals surface area contributed by atoms with Crippen molar-refractivity contribution >= 4 is 22.2 Å². The second kappa shape index (κ2) is 6.55. The van der Waals surface area contributed by atoms with E-state index >= 15 is 0 Å². The summed E-state index contributed by atoms with van der Waals surface area (Å²) in [6.45, 7) is 1.61. The number of rotatable bonds is 2. The molecule has 5 rings (SSSR count). The molecule has 0 radical (unpaired) electrons. The minimum atomic E-state index is -4.98. The third kappa shape index (κ3) is 2.73. The molecule has 0 aliphatic carbocycles. The quantitative estimate of drug-likeness (QED) is 0.644. The molecule has 154 valence electrons. The maximum Gasteiger partial charge on any atom is 0.439 e. The van der Waals surface area contributed by atoms with E-state index in [0.717, 1.165) is 22.5 Å². The maximum absolute atomic E-state index is 14.2. The van der Waals surface area contributed by atoms with Gasteiger partial charge in [0.25, 0.3) is 5.72 Å². The molecule has 0 amide bonds. The molecule has 5 nitrogen and oxygen atoms in total. The highest BCUT2D eigenvalue weighted by Crippen LogP contribution is 2.50. The number of aryl methyl sites for hydroxylation is 1. The lowest BCUT2D eigenvalue weighted by Gasteiger charge is -2.38. The van der Waals surface area contributed by atoms with Crippen LogP contribution in [0.2, 0.25) is 0 Å². The lowest BCUT2D eigenvalue weighted by atomic mass is 9.86. The molecule has 3 aromatic rings. The Morgan fingerprint density at radius 2 is 1.90 bits per heavy atom. The Hall–Kier alpha value is -2.91. The number of para-hydroxylation sites is 1. The first-order valence-electron chi connectivity index (χ1n) is 9.21.